The lowest BCUT2D eigenvalue weighted by Gasteiger charge is -2.39. The van der Waals surface area contributed by atoms with Crippen LogP contribution in [0.15, 0.2) is 60.8 Å². The van der Waals surface area contributed by atoms with E-state index in [1.165, 1.54) is 5.56 Å². The molecule has 1 fully saturated rings. The number of ether oxygens (including phenoxy) is 3. The summed E-state index contributed by atoms with van der Waals surface area (Å²) in [5, 5.41) is 0. The Hall–Kier alpha value is -3.54. The van der Waals surface area contributed by atoms with E-state index in [1.807, 2.05) is 18.2 Å². The molecule has 1 aliphatic heterocycles. The maximum atomic E-state index is 12.7. The fraction of sp³-hybridized carbons (Fsp3) is 0.280. The molecule has 0 atom stereocenters. The zero-order valence-electron chi connectivity index (χ0n) is 18.0. The van der Waals surface area contributed by atoms with Crippen LogP contribution in [0.5, 0.6) is 17.2 Å². The first-order valence-corrected chi connectivity index (χ1v) is 10.2. The molecule has 160 valence electrons. The van der Waals surface area contributed by atoms with Gasteiger partial charge in [-0.05, 0) is 36.2 Å². The normalized spacial score (nSPS) is 13.5. The molecule has 1 amide bonds. The van der Waals surface area contributed by atoms with Crippen molar-refractivity contribution in [1.82, 2.24) is 9.88 Å². The summed E-state index contributed by atoms with van der Waals surface area (Å²) in [5.74, 6) is 2.21. The van der Waals surface area contributed by atoms with Gasteiger partial charge in [0.2, 0.25) is 0 Å². The van der Waals surface area contributed by atoms with Crippen molar-refractivity contribution in [2.45, 2.75) is 19.4 Å². The predicted octanol–water partition coefficient (Wildman–Crippen LogP) is 4.23. The summed E-state index contributed by atoms with van der Waals surface area (Å²) in [4.78, 5) is 18.6. The van der Waals surface area contributed by atoms with Crippen LogP contribution in [-0.4, -0.2) is 43.1 Å². The molecule has 4 rings (SSSR count). The highest BCUT2D eigenvalue weighted by molar-refractivity contribution is 5.93. The number of carbonyl (C=O) groups is 1. The van der Waals surface area contributed by atoms with Crippen molar-refractivity contribution in [2.75, 3.05) is 27.3 Å². The summed E-state index contributed by atoms with van der Waals surface area (Å²) in [6.07, 6.45) is 1.59. The van der Waals surface area contributed by atoms with Gasteiger partial charge < -0.3 is 19.1 Å². The SMILES string of the molecule is COc1ccnc(C(=O)N2CC(c3ccc(OCc4ccc(C)cc4)c(OC)c3)C2)c1. The lowest BCUT2D eigenvalue weighted by Crippen LogP contribution is -2.48. The van der Waals surface area contributed by atoms with Gasteiger partial charge in [0, 0.05) is 31.3 Å². The Morgan fingerprint density at radius 1 is 1.00 bits per heavy atom. The van der Waals surface area contributed by atoms with E-state index in [0.29, 0.717) is 42.6 Å². The molecule has 0 spiro atoms. The number of pyridine rings is 1. The number of nitrogens with zero attached hydrogens (tertiary/aromatic N) is 2. The summed E-state index contributed by atoms with van der Waals surface area (Å²) in [6.45, 7) is 3.83. The highest BCUT2D eigenvalue weighted by Crippen LogP contribution is 2.35. The van der Waals surface area contributed by atoms with Gasteiger partial charge in [0.15, 0.2) is 11.5 Å². The fourth-order valence-electron chi connectivity index (χ4n) is 3.58. The first-order chi connectivity index (χ1) is 15.1. The minimum atomic E-state index is -0.0832. The van der Waals surface area contributed by atoms with E-state index in [4.69, 9.17) is 14.2 Å². The van der Waals surface area contributed by atoms with Crippen LogP contribution >= 0.6 is 0 Å². The highest BCUT2D eigenvalue weighted by Gasteiger charge is 2.33. The van der Waals surface area contributed by atoms with Gasteiger partial charge in [-0.2, -0.15) is 0 Å². The molecule has 0 saturated carbocycles. The van der Waals surface area contributed by atoms with E-state index >= 15 is 0 Å². The lowest BCUT2D eigenvalue weighted by atomic mass is 9.91. The van der Waals surface area contributed by atoms with Crippen molar-refractivity contribution >= 4 is 5.91 Å². The largest absolute Gasteiger partial charge is 0.497 e. The van der Waals surface area contributed by atoms with Crippen LogP contribution in [-0.2, 0) is 6.61 Å². The van der Waals surface area contributed by atoms with Crippen LogP contribution in [0.3, 0.4) is 0 Å². The van der Waals surface area contributed by atoms with E-state index in [1.54, 1.807) is 37.4 Å². The average molecular weight is 418 g/mol. The van der Waals surface area contributed by atoms with Gasteiger partial charge >= 0.3 is 0 Å². The quantitative estimate of drug-likeness (QED) is 0.575. The number of rotatable bonds is 7. The Bertz CT molecular complexity index is 1060. The second kappa shape index (κ2) is 9.08. The van der Waals surface area contributed by atoms with Crippen molar-refractivity contribution in [3.63, 3.8) is 0 Å². The second-order valence-electron chi connectivity index (χ2n) is 7.67. The molecule has 0 radical (unpaired) electrons. The van der Waals surface area contributed by atoms with E-state index in [-0.39, 0.29) is 11.8 Å². The zero-order valence-corrected chi connectivity index (χ0v) is 18.0. The van der Waals surface area contributed by atoms with Crippen LogP contribution in [0.25, 0.3) is 0 Å². The molecule has 31 heavy (non-hydrogen) atoms. The van der Waals surface area contributed by atoms with E-state index in [2.05, 4.69) is 36.2 Å². The maximum Gasteiger partial charge on any atom is 0.272 e. The number of aryl methyl sites for hydroxylation is 1. The zero-order chi connectivity index (χ0) is 21.8. The first-order valence-electron chi connectivity index (χ1n) is 10.2. The molecule has 1 aliphatic rings. The van der Waals surface area contributed by atoms with Gasteiger partial charge in [-0.1, -0.05) is 35.9 Å². The Balaban J connectivity index is 1.38. The van der Waals surface area contributed by atoms with Gasteiger partial charge in [0.05, 0.1) is 14.2 Å². The topological polar surface area (TPSA) is 60.9 Å². The maximum absolute atomic E-state index is 12.7. The van der Waals surface area contributed by atoms with E-state index in [9.17, 15) is 4.79 Å². The summed E-state index contributed by atoms with van der Waals surface area (Å²) < 4.78 is 16.7. The van der Waals surface area contributed by atoms with Crippen molar-refractivity contribution < 1.29 is 19.0 Å². The standard InChI is InChI=1S/C25H26N2O4/c1-17-4-6-18(7-5-17)16-31-23-9-8-19(12-24(23)30-3)20-14-27(15-20)25(28)22-13-21(29-2)10-11-26-22/h4-13,20H,14-16H2,1-3H3. The predicted molar refractivity (Wildman–Crippen MR) is 118 cm³/mol. The van der Waals surface area contributed by atoms with Crippen LogP contribution in [0.4, 0.5) is 0 Å². The van der Waals surface area contributed by atoms with Crippen molar-refractivity contribution in [3.8, 4) is 17.2 Å². The molecule has 6 nitrogen and oxygen atoms in total. The number of aromatic nitrogens is 1. The monoisotopic (exact) mass is 418 g/mol. The van der Waals surface area contributed by atoms with Gasteiger partial charge in [0.1, 0.15) is 18.1 Å². The molecule has 0 N–H and O–H groups in total. The second-order valence-corrected chi connectivity index (χ2v) is 7.67. The third-order valence-electron chi connectivity index (χ3n) is 5.53. The van der Waals surface area contributed by atoms with Gasteiger partial charge in [-0.3, -0.25) is 9.78 Å². The van der Waals surface area contributed by atoms with Crippen LogP contribution in [0.2, 0.25) is 0 Å². The summed E-state index contributed by atoms with van der Waals surface area (Å²) >= 11 is 0. The number of benzene rings is 2. The number of amides is 1. The molecule has 0 bridgehead atoms. The van der Waals surface area contributed by atoms with Crippen LogP contribution < -0.4 is 14.2 Å². The Labute approximate surface area is 182 Å². The van der Waals surface area contributed by atoms with Crippen LogP contribution in [0.1, 0.15) is 33.1 Å². The lowest BCUT2D eigenvalue weighted by molar-refractivity contribution is 0.0595. The van der Waals surface area contributed by atoms with Crippen LogP contribution in [0, 0.1) is 6.92 Å². The summed E-state index contributed by atoms with van der Waals surface area (Å²) in [6, 6.07) is 17.7. The minimum Gasteiger partial charge on any atom is -0.497 e. The molecular formula is C25H26N2O4. The highest BCUT2D eigenvalue weighted by atomic mass is 16.5. The third kappa shape index (κ3) is 4.63. The Morgan fingerprint density at radius 2 is 1.77 bits per heavy atom. The molecule has 0 unspecified atom stereocenters. The average Bonchev–Trinajstić information content (AvgIpc) is 2.78. The van der Waals surface area contributed by atoms with Crippen molar-refractivity contribution in [3.05, 3.63) is 83.2 Å². The van der Waals surface area contributed by atoms with E-state index in [0.717, 1.165) is 11.1 Å². The molecule has 3 aromatic rings. The van der Waals surface area contributed by atoms with E-state index < -0.39 is 0 Å². The van der Waals surface area contributed by atoms with Crippen molar-refractivity contribution in [2.24, 2.45) is 0 Å². The molecule has 6 heteroatoms. The molecule has 1 aromatic heterocycles. The number of carbonyl (C=O) groups excluding carboxylic acids is 1. The number of hydrogen-bond acceptors (Lipinski definition) is 5. The fourth-order valence-corrected chi connectivity index (χ4v) is 3.58. The number of hydrogen-bond donors (Lipinski definition) is 0. The molecule has 2 aromatic carbocycles. The first kappa shape index (κ1) is 20.7. The molecule has 0 aliphatic carbocycles. The van der Waals surface area contributed by atoms with Gasteiger partial charge in [-0.15, -0.1) is 0 Å². The smallest absolute Gasteiger partial charge is 0.272 e. The molecule has 2 heterocycles. The molecular weight excluding hydrogens is 392 g/mol. The number of likely N-dealkylation sites (tertiary alicyclic amines) is 1. The summed E-state index contributed by atoms with van der Waals surface area (Å²) in [5.41, 5.74) is 3.86. The summed E-state index contributed by atoms with van der Waals surface area (Å²) in [7, 11) is 3.22. The molecule has 1 saturated heterocycles. The Morgan fingerprint density at radius 3 is 2.48 bits per heavy atom. The van der Waals surface area contributed by atoms with Crippen molar-refractivity contribution in [1.29, 1.82) is 0 Å². The van der Waals surface area contributed by atoms with Gasteiger partial charge in [0.25, 0.3) is 5.91 Å². The number of methoxy groups -OCH3 is 2. The minimum absolute atomic E-state index is 0.0832. The third-order valence-corrected chi connectivity index (χ3v) is 5.53. The van der Waals surface area contributed by atoms with Gasteiger partial charge in [-0.25, -0.2) is 0 Å². The Kier molecular flexibility index (Phi) is 6.07.